The van der Waals surface area contributed by atoms with E-state index in [-0.39, 0.29) is 18.1 Å². The number of hydrogen-bond acceptors (Lipinski definition) is 5. The Morgan fingerprint density at radius 1 is 1.35 bits per heavy atom. The Bertz CT molecular complexity index is 326. The molecule has 3 rings (SSSR count). The van der Waals surface area contributed by atoms with Gasteiger partial charge in [-0.3, -0.25) is 15.5 Å². The molecular formula is C11H17N5O. The number of fused-ring (bicyclic) bond motifs is 1. The molecule has 3 aliphatic rings. The number of hydrazone groups is 1. The summed E-state index contributed by atoms with van der Waals surface area (Å²) >= 11 is 0. The number of piperazine rings is 1. The second kappa shape index (κ2) is 4.52. The average molecular weight is 235 g/mol. The number of likely N-dealkylation sites (tertiary alicyclic amines) is 1. The largest absolute Gasteiger partial charge is 0.341 e. The van der Waals surface area contributed by atoms with Crippen molar-refractivity contribution in [1.29, 1.82) is 0 Å². The van der Waals surface area contributed by atoms with Crippen molar-refractivity contribution >= 4 is 12.2 Å². The molecule has 0 aromatic carbocycles. The third-order valence-corrected chi connectivity index (χ3v) is 3.49. The van der Waals surface area contributed by atoms with Gasteiger partial charge < -0.3 is 9.80 Å². The van der Waals surface area contributed by atoms with E-state index in [1.807, 2.05) is 9.80 Å². The zero-order valence-corrected chi connectivity index (χ0v) is 9.72. The Labute approximate surface area is 101 Å². The summed E-state index contributed by atoms with van der Waals surface area (Å²) in [6.07, 6.45) is 5.20. The summed E-state index contributed by atoms with van der Waals surface area (Å²) < 4.78 is 0. The van der Waals surface area contributed by atoms with Crippen molar-refractivity contribution in [1.82, 2.24) is 20.5 Å². The molecule has 2 fully saturated rings. The van der Waals surface area contributed by atoms with Crippen molar-refractivity contribution in [3.63, 3.8) is 0 Å². The number of nitrogens with one attached hydrogen (secondary N) is 2. The van der Waals surface area contributed by atoms with Crippen LogP contribution in [0.1, 0.15) is 19.3 Å². The number of carbonyl (C=O) groups excluding carboxylic acids is 1. The van der Waals surface area contributed by atoms with Gasteiger partial charge in [-0.15, -0.1) is 0 Å². The Morgan fingerprint density at radius 3 is 3.00 bits per heavy atom. The molecule has 3 heterocycles. The second-order valence-corrected chi connectivity index (χ2v) is 4.70. The van der Waals surface area contributed by atoms with E-state index >= 15 is 0 Å². The lowest BCUT2D eigenvalue weighted by molar-refractivity contribution is -0.135. The van der Waals surface area contributed by atoms with E-state index in [0.717, 1.165) is 25.9 Å². The van der Waals surface area contributed by atoms with Gasteiger partial charge in [0.25, 0.3) is 0 Å². The molecule has 2 radical (unpaired) electrons. The number of amides is 1. The first-order chi connectivity index (χ1) is 8.34. The molecule has 0 saturated carbocycles. The van der Waals surface area contributed by atoms with E-state index in [4.69, 9.17) is 0 Å². The number of rotatable bonds is 1. The van der Waals surface area contributed by atoms with Crippen LogP contribution in [0.25, 0.3) is 0 Å². The van der Waals surface area contributed by atoms with Crippen LogP contribution in [-0.4, -0.2) is 53.9 Å². The van der Waals surface area contributed by atoms with E-state index in [2.05, 4.69) is 22.4 Å². The first-order valence-electron chi connectivity index (χ1n) is 6.19. The Kier molecular flexibility index (Phi) is 2.88. The molecule has 1 amide bonds. The zero-order valence-electron chi connectivity index (χ0n) is 9.72. The van der Waals surface area contributed by atoms with Gasteiger partial charge in [-0.1, -0.05) is 0 Å². The lowest BCUT2D eigenvalue weighted by atomic mass is 10.1. The van der Waals surface area contributed by atoms with Crippen LogP contribution in [0.3, 0.4) is 0 Å². The van der Waals surface area contributed by atoms with Crippen molar-refractivity contribution in [2.45, 2.75) is 31.5 Å². The van der Waals surface area contributed by atoms with E-state index < -0.39 is 0 Å². The van der Waals surface area contributed by atoms with Crippen LogP contribution < -0.4 is 10.7 Å². The summed E-state index contributed by atoms with van der Waals surface area (Å²) in [6.45, 7) is 5.49. The molecule has 2 saturated heterocycles. The van der Waals surface area contributed by atoms with Gasteiger partial charge in [0.1, 0.15) is 25.1 Å². The summed E-state index contributed by atoms with van der Waals surface area (Å²) in [4.78, 5) is 16.2. The summed E-state index contributed by atoms with van der Waals surface area (Å²) in [7, 11) is 0. The van der Waals surface area contributed by atoms with Crippen LogP contribution in [0, 0.1) is 6.54 Å². The highest BCUT2D eigenvalue weighted by Gasteiger charge is 2.35. The van der Waals surface area contributed by atoms with Gasteiger partial charge in [-0.25, -0.2) is 0 Å². The maximum absolute atomic E-state index is 12.3. The molecule has 2 unspecified atom stereocenters. The highest BCUT2D eigenvalue weighted by atomic mass is 16.2. The van der Waals surface area contributed by atoms with Crippen molar-refractivity contribution in [2.75, 3.05) is 19.6 Å². The fourth-order valence-electron chi connectivity index (χ4n) is 2.50. The molecule has 17 heavy (non-hydrogen) atoms. The van der Waals surface area contributed by atoms with Gasteiger partial charge in [0, 0.05) is 19.6 Å². The van der Waals surface area contributed by atoms with Crippen LogP contribution in [0.2, 0.25) is 0 Å². The van der Waals surface area contributed by atoms with Crippen molar-refractivity contribution in [2.24, 2.45) is 5.10 Å². The molecule has 0 aliphatic carbocycles. The third kappa shape index (κ3) is 2.09. The lowest BCUT2D eigenvalue weighted by Crippen LogP contribution is -2.60. The minimum Gasteiger partial charge on any atom is -0.341 e. The fourth-order valence-corrected chi connectivity index (χ4v) is 2.50. The molecule has 6 nitrogen and oxygen atoms in total. The smallest absolute Gasteiger partial charge is 0.241 e. The van der Waals surface area contributed by atoms with Crippen LogP contribution in [0.4, 0.5) is 0 Å². The molecule has 2 atom stereocenters. The maximum Gasteiger partial charge on any atom is 0.241 e. The van der Waals surface area contributed by atoms with Crippen molar-refractivity contribution in [3.8, 4) is 0 Å². The molecular weight excluding hydrogens is 218 g/mol. The third-order valence-electron chi connectivity index (χ3n) is 3.49. The molecule has 0 spiro atoms. The normalized spacial score (nSPS) is 32.2. The predicted molar refractivity (Wildman–Crippen MR) is 62.7 cm³/mol. The number of piperidine rings is 1. The van der Waals surface area contributed by atoms with Gasteiger partial charge in [0.2, 0.25) is 5.91 Å². The molecule has 3 aliphatic heterocycles. The summed E-state index contributed by atoms with van der Waals surface area (Å²) in [5.74, 6) is 0.191. The standard InChI is InChI=1S/C11H17N5O/c17-11(15-4-2-1-3-5-15)9-7-16-8-13-14-10(16)6-12-9/h8-10,12,14H,1-5,7H2. The van der Waals surface area contributed by atoms with Crippen LogP contribution >= 0.6 is 0 Å². The zero-order chi connectivity index (χ0) is 11.7. The minimum absolute atomic E-state index is 0.0274. The van der Waals surface area contributed by atoms with E-state index in [0.29, 0.717) is 6.54 Å². The number of hydrogen-bond donors (Lipinski definition) is 2. The van der Waals surface area contributed by atoms with Gasteiger partial charge in [-0.2, -0.15) is 5.10 Å². The SMILES string of the molecule is O=C(C1CN2C=NNC2[C]N1)N1CCCCC1. The predicted octanol–water partition coefficient (Wildman–Crippen LogP) is -0.816. The minimum atomic E-state index is -0.185. The number of carbonyl (C=O) groups is 1. The van der Waals surface area contributed by atoms with Gasteiger partial charge in [0.05, 0.1) is 0 Å². The summed E-state index contributed by atoms with van der Waals surface area (Å²) in [5.41, 5.74) is 2.89. The van der Waals surface area contributed by atoms with E-state index in [9.17, 15) is 4.79 Å². The molecule has 6 heteroatoms. The lowest BCUT2D eigenvalue weighted by Gasteiger charge is -2.37. The second-order valence-electron chi connectivity index (χ2n) is 4.70. The van der Waals surface area contributed by atoms with Gasteiger partial charge >= 0.3 is 0 Å². The first kappa shape index (κ1) is 10.8. The topological polar surface area (TPSA) is 60.0 Å². The Balaban J connectivity index is 1.60. The van der Waals surface area contributed by atoms with Gasteiger partial charge in [-0.05, 0) is 19.3 Å². The molecule has 0 bridgehead atoms. The quantitative estimate of drug-likeness (QED) is 0.624. The number of nitrogens with zero attached hydrogens (tertiary/aromatic N) is 3. The van der Waals surface area contributed by atoms with Gasteiger partial charge in [0.15, 0.2) is 0 Å². The highest BCUT2D eigenvalue weighted by molar-refractivity contribution is 5.83. The van der Waals surface area contributed by atoms with Crippen LogP contribution in [0.5, 0.6) is 0 Å². The monoisotopic (exact) mass is 235 g/mol. The summed E-state index contributed by atoms with van der Waals surface area (Å²) in [6, 6.07) is -0.185. The van der Waals surface area contributed by atoms with Crippen LogP contribution in [0.15, 0.2) is 5.10 Å². The molecule has 0 aromatic heterocycles. The van der Waals surface area contributed by atoms with E-state index in [1.54, 1.807) is 6.34 Å². The first-order valence-corrected chi connectivity index (χ1v) is 6.19. The molecule has 0 aromatic rings. The fraction of sp³-hybridized carbons (Fsp3) is 0.727. The molecule has 2 N–H and O–H groups in total. The highest BCUT2D eigenvalue weighted by Crippen LogP contribution is 2.14. The van der Waals surface area contributed by atoms with E-state index in [1.165, 1.54) is 6.42 Å². The van der Waals surface area contributed by atoms with Crippen LogP contribution in [-0.2, 0) is 4.79 Å². The average Bonchev–Trinajstić information content (AvgIpc) is 2.86. The maximum atomic E-state index is 12.3. The summed E-state index contributed by atoms with van der Waals surface area (Å²) in [5, 5.41) is 7.02. The van der Waals surface area contributed by atoms with Crippen molar-refractivity contribution in [3.05, 3.63) is 6.54 Å². The van der Waals surface area contributed by atoms with Crippen molar-refractivity contribution < 1.29 is 4.79 Å². The molecule has 92 valence electrons. The Morgan fingerprint density at radius 2 is 2.18 bits per heavy atom. The Hall–Kier alpha value is -1.30.